The van der Waals surface area contributed by atoms with E-state index in [1.165, 1.54) is 0 Å². The Hall–Kier alpha value is -1.06. The summed E-state index contributed by atoms with van der Waals surface area (Å²) >= 11 is 0. The van der Waals surface area contributed by atoms with Crippen molar-refractivity contribution in [2.45, 2.75) is 39.0 Å². The highest BCUT2D eigenvalue weighted by Gasteiger charge is 2.34. The van der Waals surface area contributed by atoms with Crippen LogP contribution in [0.3, 0.4) is 0 Å². The van der Waals surface area contributed by atoms with Crippen molar-refractivity contribution in [1.82, 2.24) is 4.90 Å². The number of carboxylic acid groups (broad SMARTS) is 1. The van der Waals surface area contributed by atoms with Gasteiger partial charge in [0.15, 0.2) is 0 Å². The second-order valence-electron chi connectivity index (χ2n) is 4.66. The van der Waals surface area contributed by atoms with Crippen LogP contribution in [0.4, 0.5) is 0 Å². The Morgan fingerprint density at radius 3 is 2.44 bits per heavy atom. The zero-order valence-corrected chi connectivity index (χ0v) is 10.1. The van der Waals surface area contributed by atoms with Crippen LogP contribution in [0.15, 0.2) is 0 Å². The smallest absolute Gasteiger partial charge is 0.306 e. The molecule has 4 nitrogen and oxygen atoms in total. The van der Waals surface area contributed by atoms with Gasteiger partial charge in [0.05, 0.1) is 5.92 Å². The minimum Gasteiger partial charge on any atom is -0.481 e. The third-order valence-corrected chi connectivity index (χ3v) is 3.35. The standard InChI is InChI=1S/C12H21NO3/c1-3-4-7-13(2)11(14)9-5-6-10(8-9)12(15)16/h9-10H,3-8H2,1-2H3,(H,15,16)/t9-,10+/m1/s1. The van der Waals surface area contributed by atoms with Crippen LogP contribution in [0, 0.1) is 11.8 Å². The van der Waals surface area contributed by atoms with Crippen LogP contribution >= 0.6 is 0 Å². The van der Waals surface area contributed by atoms with Gasteiger partial charge in [-0.05, 0) is 25.7 Å². The molecule has 0 aliphatic heterocycles. The van der Waals surface area contributed by atoms with Gasteiger partial charge >= 0.3 is 5.97 Å². The van der Waals surface area contributed by atoms with Gasteiger partial charge in [-0.3, -0.25) is 9.59 Å². The first-order valence-corrected chi connectivity index (χ1v) is 6.04. The highest BCUT2D eigenvalue weighted by Crippen LogP contribution is 2.32. The first-order valence-electron chi connectivity index (χ1n) is 6.04. The van der Waals surface area contributed by atoms with Gasteiger partial charge in [-0.15, -0.1) is 0 Å². The zero-order valence-electron chi connectivity index (χ0n) is 10.1. The summed E-state index contributed by atoms with van der Waals surface area (Å²) in [6.45, 7) is 2.87. The number of rotatable bonds is 5. The molecule has 1 amide bonds. The lowest BCUT2D eigenvalue weighted by atomic mass is 10.0. The maximum atomic E-state index is 12.0. The number of aliphatic carboxylic acids is 1. The molecule has 1 saturated carbocycles. The van der Waals surface area contributed by atoms with Gasteiger partial charge in [-0.1, -0.05) is 13.3 Å². The number of unbranched alkanes of at least 4 members (excludes halogenated alkanes) is 1. The van der Waals surface area contributed by atoms with Gasteiger partial charge < -0.3 is 10.0 Å². The average Bonchev–Trinajstić information content (AvgIpc) is 2.74. The van der Waals surface area contributed by atoms with Crippen LogP contribution in [0.2, 0.25) is 0 Å². The Balaban J connectivity index is 2.41. The van der Waals surface area contributed by atoms with Gasteiger partial charge in [-0.2, -0.15) is 0 Å². The molecule has 0 aromatic carbocycles. The van der Waals surface area contributed by atoms with E-state index < -0.39 is 5.97 Å². The number of hydrogen-bond donors (Lipinski definition) is 1. The average molecular weight is 227 g/mol. The molecule has 0 aromatic heterocycles. The van der Waals surface area contributed by atoms with Crippen molar-refractivity contribution in [3.63, 3.8) is 0 Å². The molecule has 0 aromatic rings. The van der Waals surface area contributed by atoms with Crippen LogP contribution in [-0.2, 0) is 9.59 Å². The van der Waals surface area contributed by atoms with Crippen molar-refractivity contribution >= 4 is 11.9 Å². The van der Waals surface area contributed by atoms with E-state index in [0.29, 0.717) is 12.8 Å². The molecule has 16 heavy (non-hydrogen) atoms. The van der Waals surface area contributed by atoms with E-state index in [2.05, 4.69) is 6.92 Å². The first-order chi connectivity index (χ1) is 7.56. The molecule has 1 N–H and O–H groups in total. The summed E-state index contributed by atoms with van der Waals surface area (Å²) in [6, 6.07) is 0. The topological polar surface area (TPSA) is 57.6 Å². The monoisotopic (exact) mass is 227 g/mol. The van der Waals surface area contributed by atoms with Crippen molar-refractivity contribution in [2.75, 3.05) is 13.6 Å². The maximum Gasteiger partial charge on any atom is 0.306 e. The molecule has 92 valence electrons. The molecule has 0 saturated heterocycles. The van der Waals surface area contributed by atoms with E-state index in [4.69, 9.17) is 5.11 Å². The van der Waals surface area contributed by atoms with Gasteiger partial charge in [0.2, 0.25) is 5.91 Å². The molecule has 1 fully saturated rings. The third kappa shape index (κ3) is 3.22. The van der Waals surface area contributed by atoms with E-state index in [9.17, 15) is 9.59 Å². The number of carbonyl (C=O) groups is 2. The Labute approximate surface area is 96.6 Å². The van der Waals surface area contributed by atoms with Crippen molar-refractivity contribution in [2.24, 2.45) is 11.8 Å². The molecule has 0 spiro atoms. The van der Waals surface area contributed by atoms with Crippen LogP contribution in [0.25, 0.3) is 0 Å². The minimum atomic E-state index is -0.758. The SMILES string of the molecule is CCCCN(C)C(=O)[C@@H]1CC[C@H](C(=O)O)C1. The summed E-state index contributed by atoms with van der Waals surface area (Å²) < 4.78 is 0. The van der Waals surface area contributed by atoms with E-state index >= 15 is 0 Å². The Kier molecular flexibility index (Phi) is 4.77. The first kappa shape index (κ1) is 13.0. The molecule has 4 heteroatoms. The third-order valence-electron chi connectivity index (χ3n) is 3.35. The number of hydrogen-bond acceptors (Lipinski definition) is 2. The second kappa shape index (κ2) is 5.87. The Bertz CT molecular complexity index is 265. The fraction of sp³-hybridized carbons (Fsp3) is 0.833. The Morgan fingerprint density at radius 2 is 1.94 bits per heavy atom. The van der Waals surface area contributed by atoms with Crippen molar-refractivity contribution in [1.29, 1.82) is 0 Å². The number of carboxylic acids is 1. The predicted octanol–water partition coefficient (Wildman–Crippen LogP) is 1.75. The van der Waals surface area contributed by atoms with Crippen LogP contribution in [0.1, 0.15) is 39.0 Å². The van der Waals surface area contributed by atoms with E-state index in [1.807, 2.05) is 7.05 Å². The highest BCUT2D eigenvalue weighted by atomic mass is 16.4. The van der Waals surface area contributed by atoms with Crippen molar-refractivity contribution in [3.8, 4) is 0 Å². The number of nitrogens with zero attached hydrogens (tertiary/aromatic N) is 1. The zero-order chi connectivity index (χ0) is 12.1. The molecule has 2 atom stereocenters. The molecule has 1 aliphatic carbocycles. The molecular weight excluding hydrogens is 206 g/mol. The van der Waals surface area contributed by atoms with Crippen LogP contribution in [-0.4, -0.2) is 35.5 Å². The van der Waals surface area contributed by atoms with Gasteiger partial charge in [0, 0.05) is 19.5 Å². The quantitative estimate of drug-likeness (QED) is 0.778. The Morgan fingerprint density at radius 1 is 1.31 bits per heavy atom. The van der Waals surface area contributed by atoms with Crippen molar-refractivity contribution in [3.05, 3.63) is 0 Å². The van der Waals surface area contributed by atoms with Gasteiger partial charge in [-0.25, -0.2) is 0 Å². The lowest BCUT2D eigenvalue weighted by molar-refractivity contribution is -0.141. The van der Waals surface area contributed by atoms with E-state index in [0.717, 1.165) is 25.8 Å². The molecular formula is C12H21NO3. The maximum absolute atomic E-state index is 12.0. The lowest BCUT2D eigenvalue weighted by Gasteiger charge is -2.20. The van der Waals surface area contributed by atoms with E-state index in [-0.39, 0.29) is 17.7 Å². The van der Waals surface area contributed by atoms with Crippen molar-refractivity contribution < 1.29 is 14.7 Å². The molecule has 0 bridgehead atoms. The summed E-state index contributed by atoms with van der Waals surface area (Å²) in [5.74, 6) is -1.01. The largest absolute Gasteiger partial charge is 0.481 e. The summed E-state index contributed by atoms with van der Waals surface area (Å²) in [6.07, 6.45) is 3.97. The number of amides is 1. The predicted molar refractivity (Wildman–Crippen MR) is 61.0 cm³/mol. The van der Waals surface area contributed by atoms with Crippen LogP contribution < -0.4 is 0 Å². The van der Waals surface area contributed by atoms with Gasteiger partial charge in [0.25, 0.3) is 0 Å². The summed E-state index contributed by atoms with van der Waals surface area (Å²) in [5, 5.41) is 8.87. The fourth-order valence-corrected chi connectivity index (χ4v) is 2.25. The minimum absolute atomic E-state index is 0.0667. The molecule has 1 rings (SSSR count). The molecule has 1 aliphatic rings. The molecule has 0 heterocycles. The summed E-state index contributed by atoms with van der Waals surface area (Å²) in [4.78, 5) is 24.5. The van der Waals surface area contributed by atoms with Crippen LogP contribution in [0.5, 0.6) is 0 Å². The highest BCUT2D eigenvalue weighted by molar-refractivity contribution is 5.80. The molecule has 0 radical (unpaired) electrons. The number of carbonyl (C=O) groups excluding carboxylic acids is 1. The normalized spacial score (nSPS) is 24.4. The molecule has 0 unspecified atom stereocenters. The fourth-order valence-electron chi connectivity index (χ4n) is 2.25. The lowest BCUT2D eigenvalue weighted by Crippen LogP contribution is -2.32. The van der Waals surface area contributed by atoms with Gasteiger partial charge in [0.1, 0.15) is 0 Å². The second-order valence-corrected chi connectivity index (χ2v) is 4.66. The summed E-state index contributed by atoms with van der Waals surface area (Å²) in [5.41, 5.74) is 0. The van der Waals surface area contributed by atoms with E-state index in [1.54, 1.807) is 4.90 Å². The summed E-state index contributed by atoms with van der Waals surface area (Å²) in [7, 11) is 1.81.